The predicted octanol–water partition coefficient (Wildman–Crippen LogP) is 1.70. The molecule has 1 amide bonds. The number of carbonyl (C=O) groups excluding carboxylic acids is 2. The van der Waals surface area contributed by atoms with Gasteiger partial charge in [0.15, 0.2) is 23.7 Å². The van der Waals surface area contributed by atoms with Crippen molar-refractivity contribution in [2.45, 2.75) is 25.7 Å². The van der Waals surface area contributed by atoms with Gasteiger partial charge in [-0.05, 0) is 30.2 Å². The first-order valence-electron chi connectivity index (χ1n) is 8.14. The zero-order chi connectivity index (χ0) is 18.5. The molecule has 1 aliphatic rings. The van der Waals surface area contributed by atoms with E-state index in [1.54, 1.807) is 42.5 Å². The quantitative estimate of drug-likeness (QED) is 0.764. The molecule has 26 heavy (non-hydrogen) atoms. The van der Waals surface area contributed by atoms with Gasteiger partial charge in [-0.2, -0.15) is 0 Å². The molecule has 1 aliphatic heterocycles. The fourth-order valence-electron chi connectivity index (χ4n) is 2.45. The van der Waals surface area contributed by atoms with Gasteiger partial charge in [0.25, 0.3) is 5.91 Å². The summed E-state index contributed by atoms with van der Waals surface area (Å²) in [5.41, 5.74) is 1.23. The third kappa shape index (κ3) is 4.12. The van der Waals surface area contributed by atoms with Crippen molar-refractivity contribution in [3.05, 3.63) is 59.7 Å². The van der Waals surface area contributed by atoms with Crippen molar-refractivity contribution in [2.75, 3.05) is 6.79 Å². The highest BCUT2D eigenvalue weighted by Gasteiger charge is 2.24. The van der Waals surface area contributed by atoms with E-state index in [4.69, 9.17) is 14.2 Å². The Morgan fingerprint density at radius 3 is 2.65 bits per heavy atom. The lowest BCUT2D eigenvalue weighted by atomic mass is 10.1. The number of nitrogens with one attached hydrogen (secondary N) is 1. The Bertz CT molecular complexity index is 792. The normalized spacial score (nSPS) is 14.4. The van der Waals surface area contributed by atoms with E-state index in [0.717, 1.165) is 5.56 Å². The van der Waals surface area contributed by atoms with Crippen LogP contribution in [0.3, 0.4) is 0 Å². The maximum Gasteiger partial charge on any atom is 0.340 e. The summed E-state index contributed by atoms with van der Waals surface area (Å²) in [5.74, 6) is -0.0438. The van der Waals surface area contributed by atoms with Crippen molar-refractivity contribution in [1.29, 1.82) is 0 Å². The Kier molecular flexibility index (Phi) is 5.38. The van der Waals surface area contributed by atoms with E-state index in [1.165, 1.54) is 6.92 Å². The number of hydrogen-bond donors (Lipinski definition) is 2. The summed E-state index contributed by atoms with van der Waals surface area (Å²) < 4.78 is 15.6. The second kappa shape index (κ2) is 7.88. The maximum absolute atomic E-state index is 12.1. The SMILES string of the molecule is C[C@H](OC(=O)[C@H](O)c1ccccc1)C(=O)NCc1ccc2c(c1)OCO2. The molecule has 7 nitrogen and oxygen atoms in total. The lowest BCUT2D eigenvalue weighted by Crippen LogP contribution is -2.36. The van der Waals surface area contributed by atoms with Crippen molar-refractivity contribution in [1.82, 2.24) is 5.32 Å². The Morgan fingerprint density at radius 1 is 1.15 bits per heavy atom. The molecular formula is C19H19NO6. The fraction of sp³-hybridized carbons (Fsp3) is 0.263. The summed E-state index contributed by atoms with van der Waals surface area (Å²) in [4.78, 5) is 24.1. The molecule has 0 aromatic heterocycles. The number of aliphatic hydroxyl groups excluding tert-OH is 1. The molecule has 0 radical (unpaired) electrons. The molecule has 3 rings (SSSR count). The van der Waals surface area contributed by atoms with Crippen LogP contribution in [0.2, 0.25) is 0 Å². The third-order valence-electron chi connectivity index (χ3n) is 3.90. The maximum atomic E-state index is 12.1. The van der Waals surface area contributed by atoms with Crippen LogP contribution in [-0.4, -0.2) is 29.9 Å². The number of fused-ring (bicyclic) bond motifs is 1. The standard InChI is InChI=1S/C19H19NO6/c1-12(26-19(23)17(21)14-5-3-2-4-6-14)18(22)20-10-13-7-8-15-16(9-13)25-11-24-15/h2-9,12,17,21H,10-11H2,1H3,(H,20,22)/t12-,17+/m0/s1. The van der Waals surface area contributed by atoms with Crippen molar-refractivity contribution in [3.8, 4) is 11.5 Å². The Hall–Kier alpha value is -3.06. The van der Waals surface area contributed by atoms with Gasteiger partial charge in [-0.1, -0.05) is 36.4 Å². The van der Waals surface area contributed by atoms with Crippen LogP contribution >= 0.6 is 0 Å². The van der Waals surface area contributed by atoms with Gasteiger partial charge in [-0.3, -0.25) is 4.79 Å². The van der Waals surface area contributed by atoms with E-state index in [2.05, 4.69) is 5.32 Å². The number of esters is 1. The van der Waals surface area contributed by atoms with E-state index in [-0.39, 0.29) is 13.3 Å². The van der Waals surface area contributed by atoms with Crippen LogP contribution in [0.25, 0.3) is 0 Å². The van der Waals surface area contributed by atoms with E-state index in [1.807, 2.05) is 6.07 Å². The topological polar surface area (TPSA) is 94.1 Å². The van der Waals surface area contributed by atoms with Crippen LogP contribution in [0.1, 0.15) is 24.2 Å². The number of ether oxygens (including phenoxy) is 3. The van der Waals surface area contributed by atoms with Gasteiger partial charge in [0.1, 0.15) is 0 Å². The highest BCUT2D eigenvalue weighted by Crippen LogP contribution is 2.32. The average Bonchev–Trinajstić information content (AvgIpc) is 3.13. The molecule has 2 aromatic rings. The fourth-order valence-corrected chi connectivity index (χ4v) is 2.45. The molecule has 0 fully saturated rings. The Morgan fingerprint density at radius 2 is 1.88 bits per heavy atom. The first kappa shape index (κ1) is 17.8. The molecule has 1 heterocycles. The number of amides is 1. The van der Waals surface area contributed by atoms with Gasteiger partial charge in [-0.15, -0.1) is 0 Å². The van der Waals surface area contributed by atoms with Crippen LogP contribution in [-0.2, 0) is 20.9 Å². The summed E-state index contributed by atoms with van der Waals surface area (Å²) in [6.07, 6.45) is -2.46. The first-order valence-corrected chi connectivity index (χ1v) is 8.14. The van der Waals surface area contributed by atoms with Crippen LogP contribution in [0.5, 0.6) is 11.5 Å². The molecule has 2 aromatic carbocycles. The van der Waals surface area contributed by atoms with E-state index < -0.39 is 24.1 Å². The zero-order valence-corrected chi connectivity index (χ0v) is 14.2. The van der Waals surface area contributed by atoms with Gasteiger partial charge >= 0.3 is 5.97 Å². The van der Waals surface area contributed by atoms with Gasteiger partial charge in [0, 0.05) is 6.54 Å². The summed E-state index contributed by atoms with van der Waals surface area (Å²) in [6, 6.07) is 13.7. The molecule has 0 saturated carbocycles. The molecule has 2 atom stereocenters. The lowest BCUT2D eigenvalue weighted by Gasteiger charge is -2.16. The molecule has 0 bridgehead atoms. The highest BCUT2D eigenvalue weighted by atomic mass is 16.7. The molecule has 0 unspecified atom stereocenters. The van der Waals surface area contributed by atoms with Crippen LogP contribution in [0.15, 0.2) is 48.5 Å². The van der Waals surface area contributed by atoms with Gasteiger partial charge in [0.2, 0.25) is 6.79 Å². The highest BCUT2D eigenvalue weighted by molar-refractivity contribution is 5.84. The first-order chi connectivity index (χ1) is 12.5. The van der Waals surface area contributed by atoms with E-state index >= 15 is 0 Å². The van der Waals surface area contributed by atoms with Crippen LogP contribution in [0.4, 0.5) is 0 Å². The molecule has 136 valence electrons. The minimum atomic E-state index is -1.43. The summed E-state index contributed by atoms with van der Waals surface area (Å²) in [6.45, 7) is 1.88. The molecule has 0 saturated heterocycles. The van der Waals surface area contributed by atoms with Crippen molar-refractivity contribution < 1.29 is 28.9 Å². The van der Waals surface area contributed by atoms with Crippen LogP contribution in [0, 0.1) is 0 Å². The summed E-state index contributed by atoms with van der Waals surface area (Å²) >= 11 is 0. The molecule has 7 heteroatoms. The number of benzene rings is 2. The molecule has 2 N–H and O–H groups in total. The minimum absolute atomic E-state index is 0.182. The predicted molar refractivity (Wildman–Crippen MR) is 91.4 cm³/mol. The monoisotopic (exact) mass is 357 g/mol. The van der Waals surface area contributed by atoms with Crippen LogP contribution < -0.4 is 14.8 Å². The van der Waals surface area contributed by atoms with Crippen molar-refractivity contribution in [2.24, 2.45) is 0 Å². The number of carbonyl (C=O) groups is 2. The second-order valence-electron chi connectivity index (χ2n) is 5.80. The number of hydrogen-bond acceptors (Lipinski definition) is 6. The van der Waals surface area contributed by atoms with E-state index in [9.17, 15) is 14.7 Å². The van der Waals surface area contributed by atoms with Gasteiger partial charge in [-0.25, -0.2) is 4.79 Å². The molecule has 0 spiro atoms. The Balaban J connectivity index is 1.50. The largest absolute Gasteiger partial charge is 0.454 e. The molecule has 0 aliphatic carbocycles. The summed E-state index contributed by atoms with van der Waals surface area (Å²) in [5, 5.41) is 12.7. The van der Waals surface area contributed by atoms with E-state index in [0.29, 0.717) is 17.1 Å². The number of rotatable bonds is 6. The second-order valence-corrected chi connectivity index (χ2v) is 5.80. The van der Waals surface area contributed by atoms with Crippen molar-refractivity contribution in [3.63, 3.8) is 0 Å². The smallest absolute Gasteiger partial charge is 0.340 e. The average molecular weight is 357 g/mol. The lowest BCUT2D eigenvalue weighted by molar-refractivity contribution is -0.163. The zero-order valence-electron chi connectivity index (χ0n) is 14.2. The number of aliphatic hydroxyl groups is 1. The summed E-state index contributed by atoms with van der Waals surface area (Å²) in [7, 11) is 0. The molecular weight excluding hydrogens is 338 g/mol. The minimum Gasteiger partial charge on any atom is -0.454 e. The third-order valence-corrected chi connectivity index (χ3v) is 3.90. The Labute approximate surface area is 150 Å². The van der Waals surface area contributed by atoms with Gasteiger partial charge in [0.05, 0.1) is 0 Å². The van der Waals surface area contributed by atoms with Gasteiger partial charge < -0.3 is 24.6 Å². The van der Waals surface area contributed by atoms with Crippen molar-refractivity contribution >= 4 is 11.9 Å².